The Hall–Kier alpha value is -2.59. The molecule has 2 aromatic carbocycles. The van der Waals surface area contributed by atoms with Crippen molar-refractivity contribution in [3.05, 3.63) is 71.4 Å². The maximum atomic E-state index is 11.6. The molecule has 0 saturated carbocycles. The molecule has 0 aliphatic carbocycles. The van der Waals surface area contributed by atoms with Crippen LogP contribution >= 0.6 is 0 Å². The Kier molecular flexibility index (Phi) is 4.52. The third-order valence-corrected chi connectivity index (χ3v) is 5.50. The molecule has 3 aromatic rings. The minimum atomic E-state index is 0.151. The lowest BCUT2D eigenvalue weighted by Crippen LogP contribution is -2.51. The average molecular weight is 361 g/mol. The summed E-state index contributed by atoms with van der Waals surface area (Å²) in [5.41, 5.74) is 4.61. The van der Waals surface area contributed by atoms with Crippen LogP contribution in [-0.4, -0.2) is 30.6 Å². The van der Waals surface area contributed by atoms with Crippen LogP contribution in [0.25, 0.3) is 10.9 Å². The molecule has 1 fully saturated rings. The number of fused-ring (bicyclic) bond motifs is 1. The van der Waals surface area contributed by atoms with E-state index in [0.717, 1.165) is 42.4 Å². The summed E-state index contributed by atoms with van der Waals surface area (Å²) in [6.45, 7) is 9.43. The van der Waals surface area contributed by atoms with Crippen LogP contribution in [0.2, 0.25) is 0 Å². The topological polar surface area (TPSA) is 37.3 Å². The Morgan fingerprint density at radius 1 is 1.07 bits per heavy atom. The molecule has 1 aromatic heterocycles. The minimum absolute atomic E-state index is 0.151. The van der Waals surface area contributed by atoms with E-state index in [1.54, 1.807) is 0 Å². The number of nitrogens with one attached hydrogen (secondary N) is 1. The van der Waals surface area contributed by atoms with Crippen molar-refractivity contribution in [2.75, 3.05) is 24.6 Å². The fraction of sp³-hybridized carbons (Fsp3) is 0.348. The second kappa shape index (κ2) is 6.86. The van der Waals surface area contributed by atoms with Gasteiger partial charge in [0.15, 0.2) is 6.29 Å². The van der Waals surface area contributed by atoms with Crippen LogP contribution in [0.1, 0.15) is 48.3 Å². The second-order valence-corrected chi connectivity index (χ2v) is 8.32. The third kappa shape index (κ3) is 3.26. The van der Waals surface area contributed by atoms with E-state index in [1.807, 2.05) is 24.4 Å². The Morgan fingerprint density at radius 3 is 2.52 bits per heavy atom. The average Bonchev–Trinajstić information content (AvgIpc) is 3.06. The Labute approximate surface area is 160 Å². The molecule has 1 aliphatic rings. The first-order valence-electron chi connectivity index (χ1n) is 9.62. The van der Waals surface area contributed by atoms with Crippen molar-refractivity contribution in [2.45, 2.75) is 32.2 Å². The molecule has 27 heavy (non-hydrogen) atoms. The number of carbonyl (C=O) groups excluding carboxylic acids is 1. The Bertz CT molecular complexity index is 950. The first-order chi connectivity index (χ1) is 13.0. The predicted molar refractivity (Wildman–Crippen MR) is 111 cm³/mol. The van der Waals surface area contributed by atoms with Gasteiger partial charge in [0.1, 0.15) is 0 Å². The van der Waals surface area contributed by atoms with Crippen molar-refractivity contribution in [1.82, 2.24) is 9.99 Å². The molecule has 140 valence electrons. The lowest BCUT2D eigenvalue weighted by molar-refractivity contribution is 0.112. The normalized spacial score (nSPS) is 18.0. The van der Waals surface area contributed by atoms with Gasteiger partial charge in [-0.3, -0.25) is 9.47 Å². The zero-order valence-electron chi connectivity index (χ0n) is 16.3. The highest BCUT2D eigenvalue weighted by molar-refractivity contribution is 5.97. The standard InChI is InChI=1S/C23H27N3O/c1-23(2,3)19-10-8-17(9-11-19)22-14-24-12-13-25(22)26-15-18(16-27)20-6-4-5-7-21(20)26/h4-11,15-16,22,24H,12-14H2,1-3H3. The molecule has 2 heterocycles. The Balaban J connectivity index is 1.75. The van der Waals surface area contributed by atoms with Crippen LogP contribution in [0.4, 0.5) is 0 Å². The molecule has 4 rings (SSSR count). The van der Waals surface area contributed by atoms with Crippen LogP contribution in [0.3, 0.4) is 0 Å². The zero-order chi connectivity index (χ0) is 19.0. The van der Waals surface area contributed by atoms with Crippen LogP contribution in [0.15, 0.2) is 54.7 Å². The van der Waals surface area contributed by atoms with Crippen LogP contribution in [0.5, 0.6) is 0 Å². The lowest BCUT2D eigenvalue weighted by atomic mass is 9.86. The van der Waals surface area contributed by atoms with Gasteiger partial charge in [-0.1, -0.05) is 63.2 Å². The fourth-order valence-electron chi connectivity index (χ4n) is 3.94. The van der Waals surface area contributed by atoms with Gasteiger partial charge in [0, 0.05) is 36.8 Å². The van der Waals surface area contributed by atoms with Gasteiger partial charge in [0.2, 0.25) is 0 Å². The van der Waals surface area contributed by atoms with Crippen molar-refractivity contribution in [3.63, 3.8) is 0 Å². The summed E-state index contributed by atoms with van der Waals surface area (Å²) in [5, 5.41) is 6.90. The number of hydrogen-bond acceptors (Lipinski definition) is 3. The number of nitrogens with zero attached hydrogens (tertiary/aromatic N) is 2. The number of piperazine rings is 1. The summed E-state index contributed by atoms with van der Waals surface area (Å²) >= 11 is 0. The summed E-state index contributed by atoms with van der Waals surface area (Å²) in [6, 6.07) is 17.3. The SMILES string of the molecule is CC(C)(C)c1ccc(C2CNCCN2n2cc(C=O)c3ccccc32)cc1. The van der Waals surface area contributed by atoms with Gasteiger partial charge in [-0.15, -0.1) is 0 Å². The van der Waals surface area contributed by atoms with Crippen molar-refractivity contribution < 1.29 is 4.79 Å². The molecule has 1 unspecified atom stereocenters. The van der Waals surface area contributed by atoms with Gasteiger partial charge in [0.05, 0.1) is 11.6 Å². The summed E-state index contributed by atoms with van der Waals surface area (Å²) < 4.78 is 2.17. The van der Waals surface area contributed by atoms with Gasteiger partial charge >= 0.3 is 0 Å². The molecule has 0 radical (unpaired) electrons. The summed E-state index contributed by atoms with van der Waals surface area (Å²) in [6.07, 6.45) is 2.92. The maximum absolute atomic E-state index is 11.6. The number of carbonyl (C=O) groups is 1. The van der Waals surface area contributed by atoms with E-state index in [1.165, 1.54) is 11.1 Å². The number of aldehydes is 1. The largest absolute Gasteiger partial charge is 0.312 e. The molecule has 4 nitrogen and oxygen atoms in total. The number of para-hydroxylation sites is 1. The number of rotatable bonds is 3. The van der Waals surface area contributed by atoms with Gasteiger partial charge in [-0.2, -0.15) is 0 Å². The van der Waals surface area contributed by atoms with E-state index in [0.29, 0.717) is 0 Å². The van der Waals surface area contributed by atoms with Gasteiger partial charge in [-0.25, -0.2) is 0 Å². The van der Waals surface area contributed by atoms with Crippen molar-refractivity contribution in [3.8, 4) is 0 Å². The maximum Gasteiger partial charge on any atom is 0.152 e. The zero-order valence-corrected chi connectivity index (χ0v) is 16.3. The highest BCUT2D eigenvalue weighted by Gasteiger charge is 2.26. The molecule has 1 N–H and O–H groups in total. The molecule has 4 heteroatoms. The van der Waals surface area contributed by atoms with Crippen molar-refractivity contribution in [2.24, 2.45) is 0 Å². The number of aromatic nitrogens is 1. The van der Waals surface area contributed by atoms with Crippen LogP contribution in [0, 0.1) is 0 Å². The van der Waals surface area contributed by atoms with E-state index in [9.17, 15) is 4.79 Å². The van der Waals surface area contributed by atoms with Gasteiger partial charge in [0.25, 0.3) is 0 Å². The van der Waals surface area contributed by atoms with Gasteiger partial charge in [-0.05, 0) is 22.6 Å². The fourth-order valence-corrected chi connectivity index (χ4v) is 3.94. The van der Waals surface area contributed by atoms with E-state index in [2.05, 4.69) is 66.1 Å². The smallest absolute Gasteiger partial charge is 0.152 e. The van der Waals surface area contributed by atoms with E-state index in [-0.39, 0.29) is 11.5 Å². The summed E-state index contributed by atoms with van der Waals surface area (Å²) in [4.78, 5) is 11.6. The van der Waals surface area contributed by atoms with Crippen LogP contribution in [-0.2, 0) is 5.41 Å². The summed E-state index contributed by atoms with van der Waals surface area (Å²) in [5.74, 6) is 0. The second-order valence-electron chi connectivity index (χ2n) is 8.32. The number of benzene rings is 2. The Morgan fingerprint density at radius 2 is 1.81 bits per heavy atom. The first kappa shape index (κ1) is 17.8. The lowest BCUT2D eigenvalue weighted by Gasteiger charge is -2.39. The van der Waals surface area contributed by atoms with E-state index < -0.39 is 0 Å². The molecule has 1 aliphatic heterocycles. The summed E-state index contributed by atoms with van der Waals surface area (Å²) in [7, 11) is 0. The monoisotopic (exact) mass is 361 g/mol. The van der Waals surface area contributed by atoms with E-state index >= 15 is 0 Å². The van der Waals surface area contributed by atoms with Crippen LogP contribution < -0.4 is 10.3 Å². The molecule has 0 bridgehead atoms. The van der Waals surface area contributed by atoms with Crippen molar-refractivity contribution >= 4 is 17.2 Å². The molecule has 0 spiro atoms. The molecule has 1 atom stereocenters. The first-order valence-corrected chi connectivity index (χ1v) is 9.62. The predicted octanol–water partition coefficient (Wildman–Crippen LogP) is 4.03. The molecular formula is C23H27N3O. The quantitative estimate of drug-likeness (QED) is 0.716. The van der Waals surface area contributed by atoms with Crippen molar-refractivity contribution in [1.29, 1.82) is 0 Å². The van der Waals surface area contributed by atoms with E-state index in [4.69, 9.17) is 0 Å². The highest BCUT2D eigenvalue weighted by Crippen LogP contribution is 2.29. The molecule has 1 saturated heterocycles. The molecule has 0 amide bonds. The highest BCUT2D eigenvalue weighted by atomic mass is 16.1. The third-order valence-electron chi connectivity index (χ3n) is 5.50. The minimum Gasteiger partial charge on any atom is -0.312 e. The van der Waals surface area contributed by atoms with Gasteiger partial charge < -0.3 is 10.3 Å². The molecular weight excluding hydrogens is 334 g/mol. The number of hydrogen-bond donors (Lipinski definition) is 1.